The van der Waals surface area contributed by atoms with E-state index in [1.165, 1.54) is 11.1 Å². The third-order valence-electron chi connectivity index (χ3n) is 4.13. The fraction of sp³-hybridized carbons (Fsp3) is 0.316. The van der Waals surface area contributed by atoms with Gasteiger partial charge in [0.05, 0.1) is 26.8 Å². The molecule has 0 saturated heterocycles. The second-order valence-electron chi connectivity index (χ2n) is 5.57. The summed E-state index contributed by atoms with van der Waals surface area (Å²) in [4.78, 5) is 4.60. The quantitative estimate of drug-likeness (QED) is 0.863. The number of aliphatic imine (C=N–C) groups is 1. The maximum atomic E-state index is 5.43. The third kappa shape index (κ3) is 3.54. The fourth-order valence-electron chi connectivity index (χ4n) is 2.93. The molecule has 0 spiro atoms. The predicted molar refractivity (Wildman–Crippen MR) is 92.9 cm³/mol. The highest BCUT2D eigenvalue weighted by atomic mass is 16.5. The van der Waals surface area contributed by atoms with E-state index in [0.29, 0.717) is 6.54 Å². The standard InChI is InChI=1S/C19H22N2O2/c1-22-18-10-15-8-9-21-17(16(15)11-19(18)23-2)13-20-12-14-6-4-3-5-7-14/h3-7,10-12,17,21H,8-9,13H2,1-2H3. The molecule has 4 nitrogen and oxygen atoms in total. The van der Waals surface area contributed by atoms with Crippen LogP contribution in [0.1, 0.15) is 22.7 Å². The van der Waals surface area contributed by atoms with Gasteiger partial charge in [-0.25, -0.2) is 0 Å². The zero-order chi connectivity index (χ0) is 16.1. The first kappa shape index (κ1) is 15.6. The Morgan fingerprint density at radius 2 is 1.87 bits per heavy atom. The number of hydrogen-bond acceptors (Lipinski definition) is 4. The highest BCUT2D eigenvalue weighted by Crippen LogP contribution is 2.35. The Balaban J connectivity index is 1.79. The highest BCUT2D eigenvalue weighted by molar-refractivity contribution is 5.79. The van der Waals surface area contributed by atoms with Crippen LogP contribution < -0.4 is 14.8 Å². The molecule has 1 aliphatic heterocycles. The van der Waals surface area contributed by atoms with E-state index in [9.17, 15) is 0 Å². The summed E-state index contributed by atoms with van der Waals surface area (Å²) in [6.07, 6.45) is 2.92. The van der Waals surface area contributed by atoms with Crippen LogP contribution in [0.15, 0.2) is 47.5 Å². The van der Waals surface area contributed by atoms with Gasteiger partial charge in [-0.05, 0) is 41.8 Å². The van der Waals surface area contributed by atoms with Crippen molar-refractivity contribution in [3.63, 3.8) is 0 Å². The molecule has 0 radical (unpaired) electrons. The van der Waals surface area contributed by atoms with Crippen molar-refractivity contribution in [2.45, 2.75) is 12.5 Å². The lowest BCUT2D eigenvalue weighted by Crippen LogP contribution is -2.31. The molecule has 1 N–H and O–H groups in total. The average Bonchev–Trinajstić information content (AvgIpc) is 2.61. The molecule has 23 heavy (non-hydrogen) atoms. The van der Waals surface area contributed by atoms with Gasteiger partial charge in [0.15, 0.2) is 11.5 Å². The summed E-state index contributed by atoms with van der Waals surface area (Å²) < 4.78 is 10.8. The first-order valence-electron chi connectivity index (χ1n) is 7.85. The number of fused-ring (bicyclic) bond motifs is 1. The number of nitrogens with zero attached hydrogens (tertiary/aromatic N) is 1. The molecule has 0 aromatic heterocycles. The maximum absolute atomic E-state index is 5.43. The van der Waals surface area contributed by atoms with Crippen LogP contribution >= 0.6 is 0 Å². The molecule has 4 heteroatoms. The fourth-order valence-corrected chi connectivity index (χ4v) is 2.93. The van der Waals surface area contributed by atoms with Crippen LogP contribution in [-0.4, -0.2) is 33.5 Å². The molecular formula is C19H22N2O2. The number of rotatable bonds is 5. The Morgan fingerprint density at radius 1 is 1.13 bits per heavy atom. The van der Waals surface area contributed by atoms with Crippen molar-refractivity contribution < 1.29 is 9.47 Å². The summed E-state index contributed by atoms with van der Waals surface area (Å²) in [6.45, 7) is 1.66. The second-order valence-corrected chi connectivity index (χ2v) is 5.57. The van der Waals surface area contributed by atoms with Crippen molar-refractivity contribution in [3.8, 4) is 11.5 Å². The molecule has 0 amide bonds. The Hall–Kier alpha value is -2.33. The molecule has 0 bridgehead atoms. The molecule has 1 atom stereocenters. The van der Waals surface area contributed by atoms with E-state index in [-0.39, 0.29) is 6.04 Å². The van der Waals surface area contributed by atoms with Crippen LogP contribution in [-0.2, 0) is 6.42 Å². The normalized spacial score (nSPS) is 17.0. The van der Waals surface area contributed by atoms with Crippen molar-refractivity contribution in [1.29, 1.82) is 0 Å². The van der Waals surface area contributed by atoms with Crippen molar-refractivity contribution in [2.24, 2.45) is 4.99 Å². The number of methoxy groups -OCH3 is 2. The lowest BCUT2D eigenvalue weighted by molar-refractivity contribution is 0.352. The summed E-state index contributed by atoms with van der Waals surface area (Å²) in [5.41, 5.74) is 3.68. The van der Waals surface area contributed by atoms with Crippen LogP contribution in [0.25, 0.3) is 0 Å². The first-order valence-corrected chi connectivity index (χ1v) is 7.85. The molecule has 120 valence electrons. The van der Waals surface area contributed by atoms with Crippen LogP contribution in [0.5, 0.6) is 11.5 Å². The highest BCUT2D eigenvalue weighted by Gasteiger charge is 2.22. The number of nitrogens with one attached hydrogen (secondary N) is 1. The summed E-state index contributed by atoms with van der Waals surface area (Å²) >= 11 is 0. The van der Waals surface area contributed by atoms with Crippen molar-refractivity contribution in [1.82, 2.24) is 5.32 Å². The molecule has 3 rings (SSSR count). The summed E-state index contributed by atoms with van der Waals surface area (Å²) in [7, 11) is 3.34. The zero-order valence-corrected chi connectivity index (χ0v) is 13.6. The summed E-state index contributed by atoms with van der Waals surface area (Å²) in [6, 6.07) is 14.5. The van der Waals surface area contributed by atoms with Gasteiger partial charge >= 0.3 is 0 Å². The lowest BCUT2D eigenvalue weighted by Gasteiger charge is -2.27. The van der Waals surface area contributed by atoms with E-state index in [1.54, 1.807) is 14.2 Å². The van der Waals surface area contributed by atoms with Gasteiger partial charge in [-0.1, -0.05) is 30.3 Å². The lowest BCUT2D eigenvalue weighted by atomic mass is 9.93. The molecule has 1 unspecified atom stereocenters. The number of benzene rings is 2. The van der Waals surface area contributed by atoms with Crippen molar-refractivity contribution in [3.05, 3.63) is 59.2 Å². The molecule has 0 fully saturated rings. The van der Waals surface area contributed by atoms with Gasteiger partial charge in [-0.15, -0.1) is 0 Å². The number of hydrogen-bond donors (Lipinski definition) is 1. The Morgan fingerprint density at radius 3 is 2.61 bits per heavy atom. The predicted octanol–water partition coefficient (Wildman–Crippen LogP) is 3.01. The second kappa shape index (κ2) is 7.29. The van der Waals surface area contributed by atoms with Gasteiger partial charge in [0, 0.05) is 6.21 Å². The van der Waals surface area contributed by atoms with Gasteiger partial charge in [0.1, 0.15) is 0 Å². The van der Waals surface area contributed by atoms with Gasteiger partial charge in [0.2, 0.25) is 0 Å². The molecule has 1 aliphatic rings. The Labute approximate surface area is 137 Å². The molecular weight excluding hydrogens is 288 g/mol. The molecule has 0 aliphatic carbocycles. The van der Waals surface area contributed by atoms with Crippen LogP contribution in [0.3, 0.4) is 0 Å². The van der Waals surface area contributed by atoms with E-state index in [1.807, 2.05) is 24.4 Å². The minimum Gasteiger partial charge on any atom is -0.493 e. The van der Waals surface area contributed by atoms with Gasteiger partial charge in [0.25, 0.3) is 0 Å². The third-order valence-corrected chi connectivity index (χ3v) is 4.13. The maximum Gasteiger partial charge on any atom is 0.161 e. The Kier molecular flexibility index (Phi) is 4.93. The smallest absolute Gasteiger partial charge is 0.161 e. The van der Waals surface area contributed by atoms with Gasteiger partial charge < -0.3 is 14.8 Å². The topological polar surface area (TPSA) is 42.9 Å². The van der Waals surface area contributed by atoms with E-state index in [2.05, 4.69) is 34.6 Å². The van der Waals surface area contributed by atoms with E-state index in [4.69, 9.17) is 9.47 Å². The Bertz CT molecular complexity index is 683. The van der Waals surface area contributed by atoms with Gasteiger partial charge in [-0.3, -0.25) is 4.99 Å². The van der Waals surface area contributed by atoms with Crippen molar-refractivity contribution in [2.75, 3.05) is 27.3 Å². The summed E-state index contributed by atoms with van der Waals surface area (Å²) in [5.74, 6) is 1.56. The van der Waals surface area contributed by atoms with Crippen molar-refractivity contribution >= 4 is 6.21 Å². The average molecular weight is 310 g/mol. The van der Waals surface area contributed by atoms with Gasteiger partial charge in [-0.2, -0.15) is 0 Å². The monoisotopic (exact) mass is 310 g/mol. The SMILES string of the molecule is COc1cc2c(cc1OC)C(CN=Cc1ccccc1)NCC2. The molecule has 1 heterocycles. The first-order chi connectivity index (χ1) is 11.3. The molecule has 0 saturated carbocycles. The van der Waals surface area contributed by atoms with Crippen LogP contribution in [0.2, 0.25) is 0 Å². The van der Waals surface area contributed by atoms with E-state index >= 15 is 0 Å². The zero-order valence-electron chi connectivity index (χ0n) is 13.6. The summed E-state index contributed by atoms with van der Waals surface area (Å²) in [5, 5.41) is 3.54. The molecule has 2 aromatic carbocycles. The van der Waals surface area contributed by atoms with E-state index < -0.39 is 0 Å². The minimum absolute atomic E-state index is 0.207. The van der Waals surface area contributed by atoms with E-state index in [0.717, 1.165) is 30.0 Å². The number of ether oxygens (including phenoxy) is 2. The van der Waals surface area contributed by atoms with Crippen LogP contribution in [0, 0.1) is 0 Å². The largest absolute Gasteiger partial charge is 0.493 e. The van der Waals surface area contributed by atoms with Crippen LogP contribution in [0.4, 0.5) is 0 Å². The minimum atomic E-state index is 0.207. The molecule has 2 aromatic rings.